The third-order valence-electron chi connectivity index (χ3n) is 3.26. The van der Waals surface area contributed by atoms with Gasteiger partial charge in [0, 0.05) is 19.4 Å². The second-order valence-corrected chi connectivity index (χ2v) is 4.53. The van der Waals surface area contributed by atoms with Gasteiger partial charge >= 0.3 is 0 Å². The quantitative estimate of drug-likeness (QED) is 0.769. The van der Waals surface area contributed by atoms with E-state index in [2.05, 4.69) is 15.0 Å². The summed E-state index contributed by atoms with van der Waals surface area (Å²) in [5, 5.41) is 3.96. The van der Waals surface area contributed by atoms with Gasteiger partial charge in [0.15, 0.2) is 11.6 Å². The molecule has 17 heavy (non-hydrogen) atoms. The van der Waals surface area contributed by atoms with E-state index in [0.717, 1.165) is 31.8 Å². The zero-order valence-electron chi connectivity index (χ0n) is 10.0. The van der Waals surface area contributed by atoms with Gasteiger partial charge in [0.05, 0.1) is 26.3 Å². The van der Waals surface area contributed by atoms with Gasteiger partial charge in [-0.15, -0.1) is 0 Å². The van der Waals surface area contributed by atoms with Crippen LogP contribution in [0.4, 0.5) is 0 Å². The molecule has 1 aromatic rings. The third-order valence-corrected chi connectivity index (χ3v) is 3.26. The Balaban J connectivity index is 1.59. The van der Waals surface area contributed by atoms with Crippen LogP contribution in [-0.4, -0.2) is 47.1 Å². The molecule has 2 saturated heterocycles. The molecule has 0 radical (unpaired) electrons. The summed E-state index contributed by atoms with van der Waals surface area (Å²) in [4.78, 5) is 6.55. The predicted octanol–water partition coefficient (Wildman–Crippen LogP) is 0.581. The SMILES string of the molecule is CCc1nc(CN2CCC3(C2)OCCO3)no1. The summed E-state index contributed by atoms with van der Waals surface area (Å²) in [6, 6.07) is 0. The zero-order chi connectivity index (χ0) is 11.7. The smallest absolute Gasteiger partial charge is 0.226 e. The van der Waals surface area contributed by atoms with Crippen molar-refractivity contribution in [3.8, 4) is 0 Å². The first-order valence-corrected chi connectivity index (χ1v) is 6.11. The van der Waals surface area contributed by atoms with E-state index in [4.69, 9.17) is 14.0 Å². The molecule has 0 aromatic carbocycles. The number of hydrogen-bond acceptors (Lipinski definition) is 6. The summed E-state index contributed by atoms with van der Waals surface area (Å²) >= 11 is 0. The number of aryl methyl sites for hydroxylation is 1. The average molecular weight is 239 g/mol. The molecule has 2 aliphatic heterocycles. The fourth-order valence-electron chi connectivity index (χ4n) is 2.39. The molecular formula is C11H17N3O3. The van der Waals surface area contributed by atoms with Crippen molar-refractivity contribution >= 4 is 0 Å². The van der Waals surface area contributed by atoms with Crippen LogP contribution >= 0.6 is 0 Å². The van der Waals surface area contributed by atoms with Gasteiger partial charge in [0.2, 0.25) is 5.89 Å². The first kappa shape index (κ1) is 11.1. The summed E-state index contributed by atoms with van der Waals surface area (Å²) in [5.41, 5.74) is 0. The Hall–Kier alpha value is -0.980. The highest BCUT2D eigenvalue weighted by atomic mass is 16.7. The van der Waals surface area contributed by atoms with Crippen LogP contribution in [0.3, 0.4) is 0 Å². The fraction of sp³-hybridized carbons (Fsp3) is 0.818. The van der Waals surface area contributed by atoms with Crippen LogP contribution in [0.2, 0.25) is 0 Å². The minimum absolute atomic E-state index is 0.364. The van der Waals surface area contributed by atoms with Crippen molar-refractivity contribution in [1.29, 1.82) is 0 Å². The largest absolute Gasteiger partial charge is 0.346 e. The van der Waals surface area contributed by atoms with Crippen LogP contribution in [0.5, 0.6) is 0 Å². The van der Waals surface area contributed by atoms with Gasteiger partial charge in [-0.1, -0.05) is 12.1 Å². The summed E-state index contributed by atoms with van der Waals surface area (Å²) in [5.74, 6) is 1.08. The van der Waals surface area contributed by atoms with Crippen molar-refractivity contribution in [2.45, 2.75) is 32.1 Å². The van der Waals surface area contributed by atoms with E-state index in [0.29, 0.717) is 25.6 Å². The highest BCUT2D eigenvalue weighted by molar-refractivity contribution is 4.91. The molecule has 1 aromatic heterocycles. The summed E-state index contributed by atoms with van der Waals surface area (Å²) < 4.78 is 16.4. The van der Waals surface area contributed by atoms with Crippen molar-refractivity contribution in [2.75, 3.05) is 26.3 Å². The zero-order valence-corrected chi connectivity index (χ0v) is 10.0. The van der Waals surface area contributed by atoms with Crippen LogP contribution in [0.1, 0.15) is 25.1 Å². The Morgan fingerprint density at radius 2 is 2.18 bits per heavy atom. The molecule has 3 rings (SSSR count). The van der Waals surface area contributed by atoms with Crippen LogP contribution in [0, 0.1) is 0 Å². The number of rotatable bonds is 3. The molecule has 2 aliphatic rings. The van der Waals surface area contributed by atoms with Crippen LogP contribution in [0.25, 0.3) is 0 Å². The maximum atomic E-state index is 5.67. The number of likely N-dealkylation sites (tertiary alicyclic amines) is 1. The Morgan fingerprint density at radius 1 is 1.35 bits per heavy atom. The minimum atomic E-state index is -0.364. The van der Waals surface area contributed by atoms with E-state index in [1.807, 2.05) is 6.92 Å². The summed E-state index contributed by atoms with van der Waals surface area (Å²) in [7, 11) is 0. The van der Waals surface area contributed by atoms with Gasteiger partial charge < -0.3 is 14.0 Å². The predicted molar refractivity (Wildman–Crippen MR) is 58.2 cm³/mol. The molecule has 0 unspecified atom stereocenters. The Labute approximate surface area is 99.9 Å². The third kappa shape index (κ3) is 2.20. The van der Waals surface area contributed by atoms with Crippen molar-refractivity contribution < 1.29 is 14.0 Å². The molecule has 2 fully saturated rings. The molecule has 1 spiro atoms. The molecule has 0 atom stereocenters. The molecule has 6 nitrogen and oxygen atoms in total. The van der Waals surface area contributed by atoms with Gasteiger partial charge in [0.25, 0.3) is 0 Å². The standard InChI is InChI=1S/C11H17N3O3/c1-2-10-12-9(13-17-10)7-14-4-3-11(8-14)15-5-6-16-11/h2-8H2,1H3. The van der Waals surface area contributed by atoms with E-state index in [1.54, 1.807) is 0 Å². The molecule has 0 amide bonds. The van der Waals surface area contributed by atoms with Gasteiger partial charge in [-0.3, -0.25) is 4.90 Å². The molecule has 0 aliphatic carbocycles. The second-order valence-electron chi connectivity index (χ2n) is 4.53. The average Bonchev–Trinajstić information content (AvgIpc) is 3.03. The van der Waals surface area contributed by atoms with Crippen molar-refractivity contribution in [1.82, 2.24) is 15.0 Å². The lowest BCUT2D eigenvalue weighted by Gasteiger charge is -2.21. The van der Waals surface area contributed by atoms with Crippen molar-refractivity contribution in [3.05, 3.63) is 11.7 Å². The molecular weight excluding hydrogens is 222 g/mol. The number of hydrogen-bond donors (Lipinski definition) is 0. The van der Waals surface area contributed by atoms with Crippen LogP contribution in [0.15, 0.2) is 4.52 Å². The van der Waals surface area contributed by atoms with Gasteiger partial charge in [-0.2, -0.15) is 4.98 Å². The maximum Gasteiger partial charge on any atom is 0.226 e. The highest BCUT2D eigenvalue weighted by Gasteiger charge is 2.43. The van der Waals surface area contributed by atoms with Crippen molar-refractivity contribution in [3.63, 3.8) is 0 Å². The topological polar surface area (TPSA) is 60.6 Å². The molecule has 0 saturated carbocycles. The van der Waals surface area contributed by atoms with E-state index >= 15 is 0 Å². The lowest BCUT2D eigenvalue weighted by Crippen LogP contribution is -2.34. The minimum Gasteiger partial charge on any atom is -0.346 e. The van der Waals surface area contributed by atoms with Crippen LogP contribution < -0.4 is 0 Å². The lowest BCUT2D eigenvalue weighted by atomic mass is 10.2. The monoisotopic (exact) mass is 239 g/mol. The normalized spacial score (nSPS) is 23.8. The summed E-state index contributed by atoms with van der Waals surface area (Å²) in [6.07, 6.45) is 1.70. The Morgan fingerprint density at radius 3 is 2.88 bits per heavy atom. The van der Waals surface area contributed by atoms with Crippen LogP contribution in [-0.2, 0) is 22.4 Å². The molecule has 94 valence electrons. The molecule has 6 heteroatoms. The lowest BCUT2D eigenvalue weighted by molar-refractivity contribution is -0.145. The molecule has 3 heterocycles. The Kier molecular flexibility index (Phi) is 2.85. The van der Waals surface area contributed by atoms with Crippen molar-refractivity contribution in [2.24, 2.45) is 0 Å². The van der Waals surface area contributed by atoms with E-state index in [1.165, 1.54) is 0 Å². The number of aromatic nitrogens is 2. The maximum absolute atomic E-state index is 5.67. The van der Waals surface area contributed by atoms with Gasteiger partial charge in [-0.25, -0.2) is 0 Å². The van der Waals surface area contributed by atoms with Gasteiger partial charge in [-0.05, 0) is 0 Å². The first-order chi connectivity index (χ1) is 8.30. The molecule has 0 N–H and O–H groups in total. The summed E-state index contributed by atoms with van der Waals surface area (Å²) in [6.45, 7) is 5.87. The second kappa shape index (κ2) is 4.36. The number of ether oxygens (including phenoxy) is 2. The van der Waals surface area contributed by atoms with E-state index in [9.17, 15) is 0 Å². The fourth-order valence-corrected chi connectivity index (χ4v) is 2.39. The number of nitrogens with zero attached hydrogens (tertiary/aromatic N) is 3. The molecule has 0 bridgehead atoms. The Bertz CT molecular complexity index is 387. The highest BCUT2D eigenvalue weighted by Crippen LogP contribution is 2.30. The van der Waals surface area contributed by atoms with E-state index < -0.39 is 0 Å². The first-order valence-electron chi connectivity index (χ1n) is 6.11. The van der Waals surface area contributed by atoms with Gasteiger partial charge in [0.1, 0.15) is 0 Å². The van der Waals surface area contributed by atoms with E-state index in [-0.39, 0.29) is 5.79 Å².